The van der Waals surface area contributed by atoms with E-state index in [1.807, 2.05) is 57.2 Å². The molecule has 1 aliphatic heterocycles. The van der Waals surface area contributed by atoms with E-state index in [2.05, 4.69) is 16.8 Å². The van der Waals surface area contributed by atoms with E-state index in [0.717, 1.165) is 18.1 Å². The molecule has 0 saturated heterocycles. The molecular weight excluding hydrogens is 478 g/mol. The molecule has 11 heteroatoms. The van der Waals surface area contributed by atoms with Crippen LogP contribution in [0.1, 0.15) is 71.1 Å². The fourth-order valence-corrected chi connectivity index (χ4v) is 6.11. The monoisotopic (exact) mass is 527 g/mol. The Labute approximate surface area is 212 Å². The molecule has 0 saturated carbocycles. The normalized spacial score (nSPS) is 16.3. The number of unbranched alkanes of at least 4 members (excludes halogenated alkanes) is 9. The van der Waals surface area contributed by atoms with Gasteiger partial charge in [0.05, 0.1) is 5.75 Å². The largest absolute Gasteiger partial charge is 0.305 e. The third kappa shape index (κ3) is 18.9. The maximum atomic E-state index is 10.6. The van der Waals surface area contributed by atoms with Crippen LogP contribution in [0.5, 0.6) is 0 Å². The maximum Gasteiger partial charge on any atom is 0.266 e. The number of rotatable bonds is 16. The molecule has 0 radical (unpaired) electrons. The number of nitrogens with zero attached hydrogens (tertiary/aromatic N) is 5. The molecule has 0 spiro atoms. The Bertz CT molecular complexity index is 618. The zero-order chi connectivity index (χ0) is 25.3. The lowest BCUT2D eigenvalue weighted by atomic mass is 10.1. The lowest BCUT2D eigenvalue weighted by molar-refractivity contribution is 0.148. The van der Waals surface area contributed by atoms with Gasteiger partial charge in [0.15, 0.2) is 10.7 Å². The van der Waals surface area contributed by atoms with Gasteiger partial charge in [0.25, 0.3) is 10.1 Å². The van der Waals surface area contributed by atoms with Crippen LogP contribution in [0.3, 0.4) is 0 Å². The second kappa shape index (κ2) is 19.2. The molecule has 0 aromatic heterocycles. The highest BCUT2D eigenvalue weighted by atomic mass is 33.1. The molecule has 1 aliphatic rings. The molecule has 0 aromatic rings. The third-order valence-corrected chi connectivity index (χ3v) is 8.64. The summed E-state index contributed by atoms with van der Waals surface area (Å²) < 4.78 is 29.9. The SMILES string of the molecule is CCCCCCCCCCCCN(C)CCS(=O)(=O)O.CN(C)C1N=C(N(C)N(C)C)SS1. The minimum atomic E-state index is -3.81. The van der Waals surface area contributed by atoms with E-state index in [1.54, 1.807) is 21.6 Å². The molecule has 0 fully saturated rings. The zero-order valence-electron chi connectivity index (χ0n) is 22.0. The predicted octanol–water partition coefficient (Wildman–Crippen LogP) is 4.72. The van der Waals surface area contributed by atoms with E-state index in [0.29, 0.717) is 6.54 Å². The van der Waals surface area contributed by atoms with E-state index in [9.17, 15) is 8.42 Å². The molecule has 0 amide bonds. The van der Waals surface area contributed by atoms with Crippen molar-refractivity contribution in [2.45, 2.75) is 76.6 Å². The number of amidine groups is 1. The first-order valence-corrected chi connectivity index (χ1v) is 15.9. The second-order valence-electron chi connectivity index (χ2n) is 9.02. The zero-order valence-corrected chi connectivity index (χ0v) is 24.4. The lowest BCUT2D eigenvalue weighted by Gasteiger charge is -2.24. The van der Waals surface area contributed by atoms with E-state index in [4.69, 9.17) is 4.55 Å². The lowest BCUT2D eigenvalue weighted by Crippen LogP contribution is -2.36. The summed E-state index contributed by atoms with van der Waals surface area (Å²) in [6.45, 7) is 3.56. The van der Waals surface area contributed by atoms with Gasteiger partial charge in [-0.3, -0.25) is 14.5 Å². The Morgan fingerprint density at radius 2 is 1.36 bits per heavy atom. The molecule has 0 aromatic carbocycles. The van der Waals surface area contributed by atoms with E-state index < -0.39 is 10.1 Å². The molecule has 1 N–H and O–H groups in total. The van der Waals surface area contributed by atoms with Crippen LogP contribution in [0.4, 0.5) is 0 Å². The van der Waals surface area contributed by atoms with Crippen LogP contribution in [0.25, 0.3) is 0 Å². The number of hydrazine groups is 1. The highest BCUT2D eigenvalue weighted by Gasteiger charge is 2.24. The molecule has 1 unspecified atom stereocenters. The van der Waals surface area contributed by atoms with Crippen molar-refractivity contribution in [3.8, 4) is 0 Å². The van der Waals surface area contributed by atoms with E-state index in [-0.39, 0.29) is 11.3 Å². The summed E-state index contributed by atoms with van der Waals surface area (Å²) in [7, 11) is 11.7. The predicted molar refractivity (Wildman–Crippen MR) is 147 cm³/mol. The summed E-state index contributed by atoms with van der Waals surface area (Å²) >= 11 is 0. The van der Waals surface area contributed by atoms with Crippen LogP contribution in [-0.2, 0) is 10.1 Å². The van der Waals surface area contributed by atoms with Gasteiger partial charge in [0, 0.05) is 27.7 Å². The van der Waals surface area contributed by atoms with Gasteiger partial charge < -0.3 is 4.90 Å². The first-order valence-electron chi connectivity index (χ1n) is 12.1. The van der Waals surface area contributed by atoms with Gasteiger partial charge in [0.1, 0.15) is 0 Å². The molecular formula is C22H49N5O3S3. The fraction of sp³-hybridized carbons (Fsp3) is 0.955. The van der Waals surface area contributed by atoms with Crippen LogP contribution in [0.15, 0.2) is 4.99 Å². The van der Waals surface area contributed by atoms with Crippen molar-refractivity contribution in [2.24, 2.45) is 4.99 Å². The van der Waals surface area contributed by atoms with Gasteiger partial charge in [-0.25, -0.2) is 10.0 Å². The smallest absolute Gasteiger partial charge is 0.266 e. The first kappa shape index (κ1) is 33.0. The van der Waals surface area contributed by atoms with Crippen molar-refractivity contribution in [1.82, 2.24) is 19.8 Å². The van der Waals surface area contributed by atoms with E-state index in [1.165, 1.54) is 57.8 Å². The van der Waals surface area contributed by atoms with E-state index >= 15 is 0 Å². The van der Waals surface area contributed by atoms with Gasteiger partial charge in [-0.05, 0) is 55.7 Å². The summed E-state index contributed by atoms with van der Waals surface area (Å²) in [5.41, 5.74) is 0.252. The first-order chi connectivity index (χ1) is 15.5. The van der Waals surface area contributed by atoms with Crippen molar-refractivity contribution < 1.29 is 13.0 Å². The number of hydrogen-bond acceptors (Lipinski definition) is 9. The average molecular weight is 528 g/mol. The molecule has 1 atom stereocenters. The number of aliphatic imine (C=N–C) groups is 1. The van der Waals surface area contributed by atoms with Crippen LogP contribution in [-0.4, -0.2) is 105 Å². The van der Waals surface area contributed by atoms with Crippen LogP contribution in [0.2, 0.25) is 0 Å². The summed E-state index contributed by atoms with van der Waals surface area (Å²) in [6, 6.07) is 0. The minimum Gasteiger partial charge on any atom is -0.305 e. The molecule has 1 heterocycles. The molecule has 0 bridgehead atoms. The molecule has 8 nitrogen and oxygen atoms in total. The van der Waals surface area contributed by atoms with Crippen LogP contribution >= 0.6 is 21.6 Å². The Balaban J connectivity index is 0.000000676. The second-order valence-corrected chi connectivity index (χ2v) is 12.8. The summed E-state index contributed by atoms with van der Waals surface area (Å²) in [6.07, 6.45) is 13.1. The summed E-state index contributed by atoms with van der Waals surface area (Å²) in [5.74, 6) is -0.165. The molecule has 33 heavy (non-hydrogen) atoms. The topological polar surface area (TPSA) is 79.7 Å². The van der Waals surface area contributed by atoms with Crippen LogP contribution < -0.4 is 0 Å². The highest BCUT2D eigenvalue weighted by molar-refractivity contribution is 8.82. The van der Waals surface area contributed by atoms with Gasteiger partial charge in [0.2, 0.25) is 0 Å². The fourth-order valence-electron chi connectivity index (χ4n) is 2.99. The Hall–Kier alpha value is -0.0400. The molecule has 1 rings (SSSR count). The quantitative estimate of drug-likeness (QED) is 0.133. The highest BCUT2D eigenvalue weighted by Crippen LogP contribution is 2.37. The Morgan fingerprint density at radius 1 is 0.848 bits per heavy atom. The van der Waals surface area contributed by atoms with Crippen molar-refractivity contribution in [3.63, 3.8) is 0 Å². The molecule has 198 valence electrons. The van der Waals surface area contributed by atoms with Crippen LogP contribution in [0, 0.1) is 0 Å². The Morgan fingerprint density at radius 3 is 1.79 bits per heavy atom. The van der Waals surface area contributed by atoms with Gasteiger partial charge in [-0.15, -0.1) is 0 Å². The van der Waals surface area contributed by atoms with Gasteiger partial charge in [-0.2, -0.15) is 8.42 Å². The average Bonchev–Trinajstić information content (AvgIpc) is 3.23. The van der Waals surface area contributed by atoms with Crippen molar-refractivity contribution in [1.29, 1.82) is 0 Å². The number of hydrogen-bond donors (Lipinski definition) is 1. The van der Waals surface area contributed by atoms with Crippen molar-refractivity contribution >= 4 is 36.9 Å². The summed E-state index contributed by atoms with van der Waals surface area (Å²) in [5, 5.41) is 5.12. The van der Waals surface area contributed by atoms with Gasteiger partial charge >= 0.3 is 0 Å². The Kier molecular flexibility index (Phi) is 19.2. The van der Waals surface area contributed by atoms with Gasteiger partial charge in [-0.1, -0.05) is 64.7 Å². The standard InChI is InChI=1S/C15H33NO3S.C7H16N4S2/c1-3-4-5-6-7-8-9-10-11-12-13-16(2)14-15-20(17,18)19;1-9(2)6-8-7(13-12-6)11(5)10(3)4/h3-15H2,1-2H3,(H,17,18,19);6H,1-5H3. The molecule has 0 aliphatic carbocycles. The minimum absolute atomic E-state index is 0.165. The van der Waals surface area contributed by atoms with Crippen molar-refractivity contribution in [2.75, 3.05) is 61.1 Å². The third-order valence-electron chi connectivity index (χ3n) is 5.37. The van der Waals surface area contributed by atoms with Crippen molar-refractivity contribution in [3.05, 3.63) is 0 Å². The maximum absolute atomic E-state index is 10.6. The summed E-state index contributed by atoms with van der Waals surface area (Å²) in [4.78, 5) is 8.64.